The van der Waals surface area contributed by atoms with Crippen LogP contribution in [-0.4, -0.2) is 23.7 Å². The van der Waals surface area contributed by atoms with Crippen molar-refractivity contribution in [2.24, 2.45) is 0 Å². The molecule has 1 aliphatic carbocycles. The van der Waals surface area contributed by atoms with Crippen LogP contribution in [0.4, 0.5) is 8.78 Å². The van der Waals surface area contributed by atoms with Crippen molar-refractivity contribution in [3.8, 4) is 0 Å². The van der Waals surface area contributed by atoms with Gasteiger partial charge in [0.05, 0.1) is 15.8 Å². The molecule has 164 valence electrons. The summed E-state index contributed by atoms with van der Waals surface area (Å²) in [5, 5.41) is 1.22. The minimum absolute atomic E-state index is 0.0432. The van der Waals surface area contributed by atoms with Gasteiger partial charge in [-0.2, -0.15) is 8.78 Å². The molecule has 0 radical (unpaired) electrons. The summed E-state index contributed by atoms with van der Waals surface area (Å²) in [7, 11) is -4.61. The lowest BCUT2D eigenvalue weighted by atomic mass is 9.95. The van der Waals surface area contributed by atoms with E-state index >= 15 is 0 Å². The molecule has 0 unspecified atom stereocenters. The Morgan fingerprint density at radius 2 is 1.71 bits per heavy atom. The van der Waals surface area contributed by atoms with Gasteiger partial charge in [0.15, 0.2) is 5.16 Å². The lowest BCUT2D eigenvalue weighted by molar-refractivity contribution is 0.234. The molecular weight excluding hydrogens is 442 g/mol. The fraction of sp³-hybridized carbons (Fsp3) is 0.364. The molecule has 9 heteroatoms. The van der Waals surface area contributed by atoms with Gasteiger partial charge in [-0.1, -0.05) is 55.3 Å². The van der Waals surface area contributed by atoms with Crippen molar-refractivity contribution < 1.29 is 17.2 Å². The maximum Gasteiger partial charge on any atom is 0.341 e. The number of sulfone groups is 1. The van der Waals surface area contributed by atoms with Crippen molar-refractivity contribution in [2.75, 3.05) is 0 Å². The number of hydrogen-bond donors (Lipinski definition) is 0. The Morgan fingerprint density at radius 3 is 2.39 bits per heavy atom. The molecule has 31 heavy (non-hydrogen) atoms. The standard InChI is InChI=1S/C22H22F2N2O3S2/c23-21(24)31(28,29)17-12-10-15(11-13-17)14-30-22-25-19-9-5-4-8-18(19)20(27)26(22)16-6-2-1-3-7-16/h4-5,8-13,16,21H,1-3,6-7,14H2. The zero-order valence-electron chi connectivity index (χ0n) is 16.7. The van der Waals surface area contributed by atoms with Crippen LogP contribution < -0.4 is 5.56 Å². The van der Waals surface area contributed by atoms with Gasteiger partial charge in [-0.3, -0.25) is 9.36 Å². The molecule has 0 N–H and O–H groups in total. The first-order valence-electron chi connectivity index (χ1n) is 10.1. The second-order valence-corrected chi connectivity index (χ2v) is 10.5. The molecule has 1 fully saturated rings. The fourth-order valence-electron chi connectivity index (χ4n) is 3.91. The van der Waals surface area contributed by atoms with E-state index in [1.165, 1.54) is 42.4 Å². The number of halogens is 2. The van der Waals surface area contributed by atoms with Crippen LogP contribution in [0.2, 0.25) is 0 Å². The highest BCUT2D eigenvalue weighted by molar-refractivity contribution is 7.98. The van der Waals surface area contributed by atoms with Gasteiger partial charge in [-0.15, -0.1) is 0 Å². The van der Waals surface area contributed by atoms with Crippen LogP contribution in [0.15, 0.2) is 63.4 Å². The first-order chi connectivity index (χ1) is 14.9. The normalized spacial score (nSPS) is 15.6. The molecule has 0 bridgehead atoms. The molecule has 0 amide bonds. The number of nitrogens with zero attached hydrogens (tertiary/aromatic N) is 2. The Kier molecular flexibility index (Phi) is 6.43. The molecule has 0 aliphatic heterocycles. The summed E-state index contributed by atoms with van der Waals surface area (Å²) in [6, 6.07) is 12.8. The Balaban J connectivity index is 1.64. The van der Waals surface area contributed by atoms with E-state index in [0.29, 0.717) is 21.8 Å². The van der Waals surface area contributed by atoms with Crippen LogP contribution in [0.3, 0.4) is 0 Å². The topological polar surface area (TPSA) is 69.0 Å². The highest BCUT2D eigenvalue weighted by atomic mass is 32.2. The first-order valence-corrected chi connectivity index (χ1v) is 12.7. The highest BCUT2D eigenvalue weighted by Gasteiger charge is 2.26. The summed E-state index contributed by atoms with van der Waals surface area (Å²) in [6.45, 7) is 0. The number of para-hydroxylation sites is 1. The van der Waals surface area contributed by atoms with Crippen LogP contribution in [0.25, 0.3) is 10.9 Å². The Hall–Kier alpha value is -2.26. The molecule has 0 saturated heterocycles. The van der Waals surface area contributed by atoms with Gasteiger partial charge in [-0.25, -0.2) is 13.4 Å². The van der Waals surface area contributed by atoms with Crippen molar-refractivity contribution >= 4 is 32.5 Å². The molecule has 3 aromatic rings. The first kappa shape index (κ1) is 22.0. The smallest absolute Gasteiger partial charge is 0.284 e. The number of benzene rings is 2. The lowest BCUT2D eigenvalue weighted by Crippen LogP contribution is -2.29. The summed E-state index contributed by atoms with van der Waals surface area (Å²) in [4.78, 5) is 17.6. The third-order valence-corrected chi connectivity index (χ3v) is 7.99. The summed E-state index contributed by atoms with van der Waals surface area (Å²) in [5.74, 6) is -3.01. The maximum atomic E-state index is 13.3. The zero-order valence-corrected chi connectivity index (χ0v) is 18.3. The number of alkyl halides is 2. The Labute approximate surface area is 183 Å². The van der Waals surface area contributed by atoms with Crippen LogP contribution in [0, 0.1) is 0 Å². The van der Waals surface area contributed by atoms with Gasteiger partial charge in [0, 0.05) is 11.8 Å². The number of thioether (sulfide) groups is 1. The zero-order chi connectivity index (χ0) is 22.0. The minimum Gasteiger partial charge on any atom is -0.284 e. The molecule has 0 atom stereocenters. The number of fused-ring (bicyclic) bond motifs is 1. The highest BCUT2D eigenvalue weighted by Crippen LogP contribution is 2.32. The molecule has 4 rings (SSSR count). The van der Waals surface area contributed by atoms with Gasteiger partial charge in [0.2, 0.25) is 9.84 Å². The SMILES string of the molecule is O=c1c2ccccc2nc(SCc2ccc(S(=O)(=O)C(F)F)cc2)n1C1CCCCC1. The fourth-order valence-corrected chi connectivity index (χ4v) is 5.66. The number of hydrogen-bond acceptors (Lipinski definition) is 5. The Morgan fingerprint density at radius 1 is 1.03 bits per heavy atom. The monoisotopic (exact) mass is 464 g/mol. The quantitative estimate of drug-likeness (QED) is 0.371. The van der Waals surface area contributed by atoms with Crippen LogP contribution in [-0.2, 0) is 15.6 Å². The van der Waals surface area contributed by atoms with Gasteiger partial charge in [0.1, 0.15) is 0 Å². The second-order valence-electron chi connectivity index (χ2n) is 7.62. The van der Waals surface area contributed by atoms with E-state index < -0.39 is 20.5 Å². The van der Waals surface area contributed by atoms with Crippen molar-refractivity contribution in [1.29, 1.82) is 0 Å². The van der Waals surface area contributed by atoms with Crippen molar-refractivity contribution in [2.45, 2.75) is 59.7 Å². The molecule has 2 aromatic carbocycles. The molecule has 1 aromatic heterocycles. The average molecular weight is 465 g/mol. The van der Waals surface area contributed by atoms with E-state index in [1.807, 2.05) is 22.8 Å². The van der Waals surface area contributed by atoms with Crippen molar-refractivity contribution in [3.63, 3.8) is 0 Å². The van der Waals surface area contributed by atoms with E-state index in [0.717, 1.165) is 31.2 Å². The Bertz CT molecular complexity index is 1240. The molecule has 0 spiro atoms. The summed E-state index contributed by atoms with van der Waals surface area (Å²) in [6.07, 6.45) is 5.20. The predicted molar refractivity (Wildman–Crippen MR) is 117 cm³/mol. The summed E-state index contributed by atoms with van der Waals surface area (Å²) < 4.78 is 50.5. The van der Waals surface area contributed by atoms with E-state index in [9.17, 15) is 22.0 Å². The molecular formula is C22H22F2N2O3S2. The molecule has 1 aliphatic rings. The van der Waals surface area contributed by atoms with E-state index in [-0.39, 0.29) is 11.6 Å². The average Bonchev–Trinajstić information content (AvgIpc) is 2.78. The van der Waals surface area contributed by atoms with Crippen LogP contribution >= 0.6 is 11.8 Å². The lowest BCUT2D eigenvalue weighted by Gasteiger charge is -2.26. The summed E-state index contributed by atoms with van der Waals surface area (Å²) >= 11 is 1.40. The third kappa shape index (κ3) is 4.52. The van der Waals surface area contributed by atoms with Crippen LogP contribution in [0.5, 0.6) is 0 Å². The molecule has 5 nitrogen and oxygen atoms in total. The van der Waals surface area contributed by atoms with Gasteiger partial charge in [0.25, 0.3) is 5.56 Å². The minimum atomic E-state index is -4.61. The van der Waals surface area contributed by atoms with Gasteiger partial charge >= 0.3 is 5.76 Å². The second kappa shape index (κ2) is 9.08. The van der Waals surface area contributed by atoms with E-state index in [4.69, 9.17) is 4.98 Å². The number of rotatable bonds is 6. The molecule has 1 saturated carbocycles. The van der Waals surface area contributed by atoms with Crippen molar-refractivity contribution in [1.82, 2.24) is 9.55 Å². The largest absolute Gasteiger partial charge is 0.341 e. The van der Waals surface area contributed by atoms with E-state index in [2.05, 4.69) is 0 Å². The van der Waals surface area contributed by atoms with E-state index in [1.54, 1.807) is 6.07 Å². The number of aromatic nitrogens is 2. The maximum absolute atomic E-state index is 13.3. The van der Waals surface area contributed by atoms with Gasteiger partial charge in [-0.05, 0) is 42.7 Å². The van der Waals surface area contributed by atoms with Crippen LogP contribution in [0.1, 0.15) is 43.7 Å². The third-order valence-electron chi connectivity index (χ3n) is 5.57. The van der Waals surface area contributed by atoms with Crippen molar-refractivity contribution in [3.05, 3.63) is 64.4 Å². The summed E-state index contributed by atoms with van der Waals surface area (Å²) in [5.41, 5.74) is 1.36. The molecule has 1 heterocycles. The predicted octanol–water partition coefficient (Wildman–Crippen LogP) is 5.19. The van der Waals surface area contributed by atoms with Gasteiger partial charge < -0.3 is 0 Å².